The molecule has 4 atom stereocenters. The first-order chi connectivity index (χ1) is 13.5. The van der Waals surface area contributed by atoms with Gasteiger partial charge in [-0.15, -0.1) is 0 Å². The van der Waals surface area contributed by atoms with E-state index in [1.54, 1.807) is 0 Å². The van der Waals surface area contributed by atoms with Gasteiger partial charge in [0.05, 0.1) is 36.9 Å². The van der Waals surface area contributed by atoms with E-state index in [9.17, 15) is 9.59 Å². The van der Waals surface area contributed by atoms with Gasteiger partial charge in [-0.3, -0.25) is 9.59 Å². The van der Waals surface area contributed by atoms with E-state index in [0.29, 0.717) is 44.6 Å². The van der Waals surface area contributed by atoms with Gasteiger partial charge in [0.1, 0.15) is 0 Å². The maximum absolute atomic E-state index is 13.0. The lowest BCUT2D eigenvalue weighted by atomic mass is 9.73. The van der Waals surface area contributed by atoms with Gasteiger partial charge in [-0.1, -0.05) is 25.7 Å². The molecule has 2 bridgehead atoms. The average molecular weight is 391 g/mol. The Balaban J connectivity index is 1.16. The Bertz CT molecular complexity index is 642. The molecule has 1 spiro atoms. The standard InChI is InChI=1S/C22H34N2O4/c1-21(13-27-14-21)20(26)24-11-17-16(18-8-9-22(17,12-24)28-18)10-23-19(25)7-6-15-4-2-3-5-15/h15-18H,2-14H2,1H3,(H,23,25)/t16-,17+,18+,22+/m0/s1. The van der Waals surface area contributed by atoms with Gasteiger partial charge in [-0.25, -0.2) is 0 Å². The van der Waals surface area contributed by atoms with Crippen LogP contribution >= 0.6 is 0 Å². The number of nitrogens with one attached hydrogen (secondary N) is 1. The summed E-state index contributed by atoms with van der Waals surface area (Å²) >= 11 is 0. The molecule has 0 aromatic carbocycles. The number of hydrogen-bond donors (Lipinski definition) is 1. The van der Waals surface area contributed by atoms with E-state index in [1.165, 1.54) is 25.7 Å². The minimum atomic E-state index is -0.350. The van der Waals surface area contributed by atoms with E-state index >= 15 is 0 Å². The zero-order valence-electron chi connectivity index (χ0n) is 17.1. The van der Waals surface area contributed by atoms with Crippen molar-refractivity contribution in [1.82, 2.24) is 10.2 Å². The van der Waals surface area contributed by atoms with Crippen molar-refractivity contribution in [3.63, 3.8) is 0 Å². The lowest BCUT2D eigenvalue weighted by Gasteiger charge is -2.39. The highest BCUT2D eigenvalue weighted by Crippen LogP contribution is 2.55. The van der Waals surface area contributed by atoms with Crippen molar-refractivity contribution in [2.24, 2.45) is 23.2 Å². The minimum Gasteiger partial charge on any atom is -0.379 e. The zero-order valence-corrected chi connectivity index (χ0v) is 17.1. The molecule has 6 nitrogen and oxygen atoms in total. The molecule has 6 heteroatoms. The summed E-state index contributed by atoms with van der Waals surface area (Å²) in [6.07, 6.45) is 9.30. The van der Waals surface area contributed by atoms with E-state index in [4.69, 9.17) is 9.47 Å². The third-order valence-corrected chi connectivity index (χ3v) is 8.22. The van der Waals surface area contributed by atoms with Crippen LogP contribution in [0.4, 0.5) is 0 Å². The highest BCUT2D eigenvalue weighted by atomic mass is 16.5. The summed E-state index contributed by atoms with van der Waals surface area (Å²) in [4.78, 5) is 27.3. The van der Waals surface area contributed by atoms with Crippen LogP contribution in [0.5, 0.6) is 0 Å². The third-order valence-electron chi connectivity index (χ3n) is 8.22. The van der Waals surface area contributed by atoms with E-state index in [0.717, 1.165) is 31.7 Å². The minimum absolute atomic E-state index is 0.166. The van der Waals surface area contributed by atoms with Crippen LogP contribution in [0.25, 0.3) is 0 Å². The number of carbonyl (C=O) groups is 2. The highest BCUT2D eigenvalue weighted by molar-refractivity contribution is 5.84. The average Bonchev–Trinajstić information content (AvgIpc) is 3.42. The number of amides is 2. The summed E-state index contributed by atoms with van der Waals surface area (Å²) < 4.78 is 11.7. The first-order valence-corrected chi connectivity index (χ1v) is 11.3. The second-order valence-corrected chi connectivity index (χ2v) is 10.3. The normalized spacial score (nSPS) is 38.5. The van der Waals surface area contributed by atoms with Gasteiger partial charge in [0.15, 0.2) is 0 Å². The van der Waals surface area contributed by atoms with E-state index in [1.807, 2.05) is 11.8 Å². The Labute approximate surface area is 167 Å². The molecule has 156 valence electrons. The number of rotatable bonds is 6. The molecule has 1 N–H and O–H groups in total. The van der Waals surface area contributed by atoms with Crippen LogP contribution in [0.15, 0.2) is 0 Å². The molecule has 4 saturated heterocycles. The van der Waals surface area contributed by atoms with Crippen molar-refractivity contribution in [3.05, 3.63) is 0 Å². The van der Waals surface area contributed by atoms with Gasteiger partial charge in [-0.2, -0.15) is 0 Å². The summed E-state index contributed by atoms with van der Waals surface area (Å²) in [6, 6.07) is 0. The van der Waals surface area contributed by atoms with Gasteiger partial charge in [0.2, 0.25) is 11.8 Å². The maximum atomic E-state index is 13.0. The molecule has 5 fully saturated rings. The molecule has 5 aliphatic rings. The number of likely N-dealkylation sites (tertiary alicyclic amines) is 1. The van der Waals surface area contributed by atoms with Crippen molar-refractivity contribution in [1.29, 1.82) is 0 Å². The van der Waals surface area contributed by atoms with Crippen LogP contribution in [0, 0.1) is 23.2 Å². The molecule has 2 amide bonds. The fourth-order valence-corrected chi connectivity index (χ4v) is 6.49. The first-order valence-electron chi connectivity index (χ1n) is 11.3. The smallest absolute Gasteiger partial charge is 0.233 e. The molecule has 5 rings (SSSR count). The Morgan fingerprint density at radius 1 is 1.18 bits per heavy atom. The van der Waals surface area contributed by atoms with E-state index in [2.05, 4.69) is 5.32 Å². The number of carbonyl (C=O) groups excluding carboxylic acids is 2. The Hall–Kier alpha value is -1.14. The fraction of sp³-hybridized carbons (Fsp3) is 0.909. The quantitative estimate of drug-likeness (QED) is 0.754. The van der Waals surface area contributed by atoms with Crippen molar-refractivity contribution >= 4 is 11.8 Å². The first kappa shape index (κ1) is 18.9. The predicted octanol–water partition coefficient (Wildman–Crippen LogP) is 2.12. The Kier molecular flexibility index (Phi) is 4.70. The number of ether oxygens (including phenoxy) is 2. The molecule has 4 aliphatic heterocycles. The second-order valence-electron chi connectivity index (χ2n) is 10.3. The molecule has 1 aliphatic carbocycles. The van der Waals surface area contributed by atoms with Gasteiger partial charge in [-0.05, 0) is 32.1 Å². The third kappa shape index (κ3) is 3.07. The van der Waals surface area contributed by atoms with Crippen LogP contribution in [0.3, 0.4) is 0 Å². The van der Waals surface area contributed by atoms with Crippen LogP contribution < -0.4 is 5.32 Å². The SMILES string of the molecule is CC1(C(=O)N2C[C@@H]3[C@H](CNC(=O)CCC4CCCC4)[C@H]4CC[C@]3(C2)O4)COC1. The molecule has 0 unspecified atom stereocenters. The highest BCUT2D eigenvalue weighted by Gasteiger charge is 2.64. The summed E-state index contributed by atoms with van der Waals surface area (Å²) in [5.74, 6) is 1.86. The molecule has 0 aromatic heterocycles. The van der Waals surface area contributed by atoms with Gasteiger partial charge in [0, 0.05) is 31.3 Å². The Morgan fingerprint density at radius 3 is 2.68 bits per heavy atom. The van der Waals surface area contributed by atoms with Crippen molar-refractivity contribution in [3.8, 4) is 0 Å². The fourth-order valence-electron chi connectivity index (χ4n) is 6.49. The van der Waals surface area contributed by atoms with Gasteiger partial charge in [0.25, 0.3) is 0 Å². The second kappa shape index (κ2) is 6.98. The summed E-state index contributed by atoms with van der Waals surface area (Å²) in [7, 11) is 0. The molecule has 4 heterocycles. The molecule has 1 saturated carbocycles. The molecule has 0 radical (unpaired) electrons. The summed E-state index contributed by atoms with van der Waals surface area (Å²) in [6.45, 7) is 5.25. The summed E-state index contributed by atoms with van der Waals surface area (Å²) in [5.41, 5.74) is -0.516. The monoisotopic (exact) mass is 390 g/mol. The van der Waals surface area contributed by atoms with Crippen LogP contribution in [0.1, 0.15) is 58.3 Å². The lowest BCUT2D eigenvalue weighted by molar-refractivity contribution is -0.169. The largest absolute Gasteiger partial charge is 0.379 e. The lowest BCUT2D eigenvalue weighted by Crippen LogP contribution is -2.53. The van der Waals surface area contributed by atoms with Crippen molar-refractivity contribution in [2.75, 3.05) is 32.8 Å². The van der Waals surface area contributed by atoms with Crippen LogP contribution in [0.2, 0.25) is 0 Å². The number of hydrogen-bond acceptors (Lipinski definition) is 4. The van der Waals surface area contributed by atoms with Crippen LogP contribution in [-0.2, 0) is 19.1 Å². The number of nitrogens with zero attached hydrogens (tertiary/aromatic N) is 1. The van der Waals surface area contributed by atoms with Gasteiger partial charge < -0.3 is 19.7 Å². The summed E-state index contributed by atoms with van der Waals surface area (Å²) in [5, 5.41) is 3.20. The molecular formula is C22H34N2O4. The number of fused-ring (bicyclic) bond motifs is 1. The van der Waals surface area contributed by atoms with Crippen LogP contribution in [-0.4, -0.2) is 61.3 Å². The predicted molar refractivity (Wildman–Crippen MR) is 104 cm³/mol. The van der Waals surface area contributed by atoms with E-state index < -0.39 is 0 Å². The van der Waals surface area contributed by atoms with Gasteiger partial charge >= 0.3 is 0 Å². The van der Waals surface area contributed by atoms with E-state index in [-0.39, 0.29) is 28.9 Å². The maximum Gasteiger partial charge on any atom is 0.233 e. The zero-order chi connectivity index (χ0) is 19.4. The molecule has 28 heavy (non-hydrogen) atoms. The molecular weight excluding hydrogens is 356 g/mol. The Morgan fingerprint density at radius 2 is 1.96 bits per heavy atom. The topological polar surface area (TPSA) is 67.9 Å². The molecule has 0 aromatic rings. The van der Waals surface area contributed by atoms with Crippen molar-refractivity contribution in [2.45, 2.75) is 70.0 Å². The van der Waals surface area contributed by atoms with Crippen molar-refractivity contribution < 1.29 is 19.1 Å².